The van der Waals surface area contributed by atoms with Gasteiger partial charge in [0.15, 0.2) is 17.3 Å². The first kappa shape index (κ1) is 14.5. The molecule has 0 unspecified atom stereocenters. The van der Waals surface area contributed by atoms with Crippen LogP contribution in [0.25, 0.3) is 0 Å². The van der Waals surface area contributed by atoms with Crippen LogP contribution in [0.4, 0.5) is 5.82 Å². The molecule has 3 rings (SSSR count). The maximum atomic E-state index is 11.8. The van der Waals surface area contributed by atoms with Crippen molar-refractivity contribution in [1.82, 2.24) is 15.0 Å². The minimum absolute atomic E-state index is 0.00960. The second-order valence-corrected chi connectivity index (χ2v) is 6.56. The van der Waals surface area contributed by atoms with Crippen molar-refractivity contribution >= 4 is 11.6 Å². The number of nitrogens with zero attached hydrogens (tertiary/aromatic N) is 3. The lowest BCUT2D eigenvalue weighted by Crippen LogP contribution is -2.26. The minimum atomic E-state index is 0.00960. The first-order valence-electron chi connectivity index (χ1n) is 8.48. The third-order valence-corrected chi connectivity index (χ3v) is 4.89. The van der Waals surface area contributed by atoms with Gasteiger partial charge < -0.3 is 5.32 Å². The molecule has 0 saturated heterocycles. The molecule has 0 spiro atoms. The number of nitrogens with one attached hydrogen (secondary N) is 1. The van der Waals surface area contributed by atoms with Crippen molar-refractivity contribution in [1.29, 1.82) is 0 Å². The van der Waals surface area contributed by atoms with Gasteiger partial charge in [0.25, 0.3) is 0 Å². The van der Waals surface area contributed by atoms with Crippen molar-refractivity contribution in [2.75, 3.05) is 5.32 Å². The normalized spacial score (nSPS) is 21.4. The fraction of sp³-hybridized carbons (Fsp3) is 0.812. The smallest absolute Gasteiger partial charge is 0.183 e. The van der Waals surface area contributed by atoms with Gasteiger partial charge in [-0.3, -0.25) is 4.79 Å². The molecule has 0 bridgehead atoms. The van der Waals surface area contributed by atoms with Crippen LogP contribution in [0, 0.1) is 0 Å². The standard InChI is InChI=1S/C16H26N4O/c1-12(21)15-16(17-13-8-4-2-5-9-13)20(19-18-15)14-10-6-3-7-11-14/h13-14,17H,2-11H2,1H3. The summed E-state index contributed by atoms with van der Waals surface area (Å²) in [6, 6.07) is 0.878. The van der Waals surface area contributed by atoms with Crippen molar-refractivity contribution in [3.63, 3.8) is 0 Å². The van der Waals surface area contributed by atoms with E-state index >= 15 is 0 Å². The Morgan fingerprint density at radius 1 is 1.05 bits per heavy atom. The molecule has 2 aliphatic carbocycles. The number of rotatable bonds is 4. The van der Waals surface area contributed by atoms with Crippen molar-refractivity contribution in [2.24, 2.45) is 0 Å². The van der Waals surface area contributed by atoms with Crippen molar-refractivity contribution in [2.45, 2.75) is 83.2 Å². The Bertz CT molecular complexity index is 484. The van der Waals surface area contributed by atoms with E-state index in [9.17, 15) is 4.79 Å². The van der Waals surface area contributed by atoms with Crippen molar-refractivity contribution in [3.8, 4) is 0 Å². The van der Waals surface area contributed by atoms with E-state index in [4.69, 9.17) is 0 Å². The Morgan fingerprint density at radius 3 is 2.29 bits per heavy atom. The molecule has 0 atom stereocenters. The summed E-state index contributed by atoms with van der Waals surface area (Å²) in [6.07, 6.45) is 12.4. The summed E-state index contributed by atoms with van der Waals surface area (Å²) < 4.78 is 2.00. The molecule has 0 amide bonds. The van der Waals surface area contributed by atoms with Crippen molar-refractivity contribution in [3.05, 3.63) is 5.69 Å². The average Bonchev–Trinajstić information content (AvgIpc) is 2.93. The van der Waals surface area contributed by atoms with Crippen LogP contribution in [0.2, 0.25) is 0 Å². The van der Waals surface area contributed by atoms with Crippen LogP contribution in [0.3, 0.4) is 0 Å². The summed E-state index contributed by atoms with van der Waals surface area (Å²) in [5.41, 5.74) is 0.520. The van der Waals surface area contributed by atoms with Crippen LogP contribution < -0.4 is 5.32 Å². The molecule has 2 fully saturated rings. The topological polar surface area (TPSA) is 59.8 Å². The number of hydrogen-bond donors (Lipinski definition) is 1. The maximum Gasteiger partial charge on any atom is 0.183 e. The van der Waals surface area contributed by atoms with Crippen LogP contribution >= 0.6 is 0 Å². The van der Waals surface area contributed by atoms with E-state index in [1.165, 1.54) is 51.4 Å². The largest absolute Gasteiger partial charge is 0.366 e. The third kappa shape index (κ3) is 3.27. The van der Waals surface area contributed by atoms with Crippen LogP contribution in [-0.4, -0.2) is 26.8 Å². The SMILES string of the molecule is CC(=O)c1nnn(C2CCCCC2)c1NC1CCCCC1. The van der Waals surface area contributed by atoms with Gasteiger partial charge in [-0.1, -0.05) is 43.7 Å². The van der Waals surface area contributed by atoms with Gasteiger partial charge in [0.05, 0.1) is 6.04 Å². The monoisotopic (exact) mass is 290 g/mol. The Balaban J connectivity index is 1.83. The van der Waals surface area contributed by atoms with E-state index in [0.717, 1.165) is 18.7 Å². The van der Waals surface area contributed by atoms with Gasteiger partial charge in [-0.15, -0.1) is 5.10 Å². The summed E-state index contributed by atoms with van der Waals surface area (Å²) in [5, 5.41) is 12.1. The Morgan fingerprint density at radius 2 is 1.67 bits per heavy atom. The Labute approximate surface area is 126 Å². The zero-order valence-electron chi connectivity index (χ0n) is 13.0. The number of anilines is 1. The molecule has 5 heteroatoms. The van der Waals surface area contributed by atoms with Crippen LogP contribution in [0.15, 0.2) is 0 Å². The van der Waals surface area contributed by atoms with Gasteiger partial charge in [0.1, 0.15) is 0 Å². The minimum Gasteiger partial charge on any atom is -0.366 e. The first-order chi connectivity index (χ1) is 10.3. The lowest BCUT2D eigenvalue weighted by atomic mass is 9.94. The molecule has 21 heavy (non-hydrogen) atoms. The van der Waals surface area contributed by atoms with E-state index in [2.05, 4.69) is 15.6 Å². The fourth-order valence-corrected chi connectivity index (χ4v) is 3.69. The summed E-state index contributed by atoms with van der Waals surface area (Å²) in [6.45, 7) is 1.58. The molecule has 1 aromatic rings. The lowest BCUT2D eigenvalue weighted by molar-refractivity contribution is 0.101. The third-order valence-electron chi connectivity index (χ3n) is 4.89. The second-order valence-electron chi connectivity index (χ2n) is 6.56. The number of hydrogen-bond acceptors (Lipinski definition) is 4. The van der Waals surface area contributed by atoms with Crippen LogP contribution in [0.1, 0.15) is 87.7 Å². The first-order valence-corrected chi connectivity index (χ1v) is 8.48. The Hall–Kier alpha value is -1.39. The summed E-state index contributed by atoms with van der Waals surface area (Å²) in [4.78, 5) is 11.8. The van der Waals surface area contributed by atoms with E-state index in [1.807, 2.05) is 4.68 Å². The molecule has 0 aromatic carbocycles. The fourth-order valence-electron chi connectivity index (χ4n) is 3.69. The van der Waals surface area contributed by atoms with E-state index in [0.29, 0.717) is 17.8 Å². The number of ketones is 1. The van der Waals surface area contributed by atoms with E-state index in [-0.39, 0.29) is 5.78 Å². The molecule has 1 N–H and O–H groups in total. The van der Waals surface area contributed by atoms with Gasteiger partial charge in [-0.25, -0.2) is 4.68 Å². The molecule has 1 aromatic heterocycles. The number of Topliss-reactive ketones (excluding diaryl/α,β-unsaturated/α-hetero) is 1. The Kier molecular flexibility index (Phi) is 4.56. The molecule has 0 radical (unpaired) electrons. The summed E-state index contributed by atoms with van der Waals surface area (Å²) >= 11 is 0. The number of aromatic nitrogens is 3. The zero-order valence-corrected chi connectivity index (χ0v) is 13.0. The van der Waals surface area contributed by atoms with E-state index < -0.39 is 0 Å². The summed E-state index contributed by atoms with van der Waals surface area (Å²) in [5.74, 6) is 0.886. The number of carbonyl (C=O) groups is 1. The predicted octanol–water partition coefficient (Wildman–Crippen LogP) is 3.73. The van der Waals surface area contributed by atoms with Gasteiger partial charge >= 0.3 is 0 Å². The summed E-state index contributed by atoms with van der Waals surface area (Å²) in [7, 11) is 0. The molecule has 2 saturated carbocycles. The van der Waals surface area contributed by atoms with E-state index in [1.54, 1.807) is 6.92 Å². The lowest BCUT2D eigenvalue weighted by Gasteiger charge is -2.27. The average molecular weight is 290 g/mol. The van der Waals surface area contributed by atoms with Crippen LogP contribution in [0.5, 0.6) is 0 Å². The second kappa shape index (κ2) is 6.58. The highest BCUT2D eigenvalue weighted by molar-refractivity contribution is 5.96. The quantitative estimate of drug-likeness (QED) is 0.858. The molecule has 2 aliphatic rings. The molecule has 5 nitrogen and oxygen atoms in total. The van der Waals surface area contributed by atoms with Gasteiger partial charge in [-0.05, 0) is 25.7 Å². The van der Waals surface area contributed by atoms with Crippen molar-refractivity contribution < 1.29 is 4.79 Å². The van der Waals surface area contributed by atoms with Gasteiger partial charge in [0.2, 0.25) is 0 Å². The van der Waals surface area contributed by atoms with Gasteiger partial charge in [-0.2, -0.15) is 0 Å². The predicted molar refractivity (Wildman–Crippen MR) is 82.6 cm³/mol. The highest BCUT2D eigenvalue weighted by Crippen LogP contribution is 2.32. The zero-order chi connectivity index (χ0) is 14.7. The molecular formula is C16H26N4O. The molecule has 1 heterocycles. The highest BCUT2D eigenvalue weighted by atomic mass is 16.1. The molecule has 0 aliphatic heterocycles. The maximum absolute atomic E-state index is 11.8. The van der Waals surface area contributed by atoms with Crippen LogP contribution in [-0.2, 0) is 0 Å². The number of carbonyl (C=O) groups excluding carboxylic acids is 1. The molecular weight excluding hydrogens is 264 g/mol. The van der Waals surface area contributed by atoms with Gasteiger partial charge in [0, 0.05) is 13.0 Å². The molecule has 116 valence electrons. The highest BCUT2D eigenvalue weighted by Gasteiger charge is 2.26.